The van der Waals surface area contributed by atoms with Gasteiger partial charge in [0, 0.05) is 13.5 Å². The van der Waals surface area contributed by atoms with Gasteiger partial charge in [-0.25, -0.2) is 0 Å². The van der Waals surface area contributed by atoms with Crippen molar-refractivity contribution >= 4 is 14.1 Å². The highest BCUT2D eigenvalue weighted by Crippen LogP contribution is 2.55. The zero-order chi connectivity index (χ0) is 20.2. The minimum Gasteiger partial charge on any atom is -0.385 e. The molecule has 1 saturated heterocycles. The summed E-state index contributed by atoms with van der Waals surface area (Å²) in [6, 6.07) is 2.30. The number of hydrogen-bond donors (Lipinski definition) is 0. The second-order valence-corrected chi connectivity index (χ2v) is 14.5. The Kier molecular flexibility index (Phi) is 5.13. The highest BCUT2D eigenvalue weighted by molar-refractivity contribution is 6.74. The van der Waals surface area contributed by atoms with Crippen molar-refractivity contribution in [1.82, 2.24) is 0 Å². The normalized spacial score (nSPS) is 34.7. The van der Waals surface area contributed by atoms with Gasteiger partial charge in [-0.1, -0.05) is 26.3 Å². The van der Waals surface area contributed by atoms with Crippen molar-refractivity contribution in [2.24, 2.45) is 5.41 Å². The number of nitriles is 1. The Labute approximate surface area is 158 Å². The van der Waals surface area contributed by atoms with Crippen molar-refractivity contribution in [1.29, 1.82) is 5.26 Å². The lowest BCUT2D eigenvalue weighted by Crippen LogP contribution is -2.69. The summed E-state index contributed by atoms with van der Waals surface area (Å²) >= 11 is 0. The molecule has 0 radical (unpaired) electrons. The lowest BCUT2D eigenvalue weighted by atomic mass is 9.63. The van der Waals surface area contributed by atoms with Crippen LogP contribution in [0.4, 0.5) is 0 Å². The molecule has 0 bridgehead atoms. The number of rotatable bonds is 3. The van der Waals surface area contributed by atoms with Crippen LogP contribution in [-0.4, -0.2) is 38.7 Å². The Morgan fingerprint density at radius 2 is 1.92 bits per heavy atom. The topological polar surface area (TPSA) is 68.6 Å². The quantitative estimate of drug-likeness (QED) is 0.414. The first-order chi connectivity index (χ1) is 11.7. The molecule has 0 aromatic carbocycles. The fourth-order valence-corrected chi connectivity index (χ4v) is 5.11. The van der Waals surface area contributed by atoms with E-state index in [1.165, 1.54) is 7.11 Å². The Morgan fingerprint density at radius 3 is 2.38 bits per heavy atom. The Morgan fingerprint density at radius 1 is 1.35 bits per heavy atom. The molecule has 2 aliphatic rings. The van der Waals surface area contributed by atoms with Gasteiger partial charge >= 0.3 is 0 Å². The maximum Gasteiger partial charge on any atom is 0.207 e. The molecule has 1 fully saturated rings. The highest BCUT2D eigenvalue weighted by atomic mass is 28.4. The minimum absolute atomic E-state index is 0.0955. The number of ether oxygens (including phenoxy) is 2. The minimum atomic E-state index is -2.35. The SMILES string of the molecule is COC1(O[Si](C)(C)C(C)(C)C)C=C(C)C[C@H]2OC(C)(C)CC(=O)[C@]21C#N. The van der Waals surface area contributed by atoms with Crippen LogP contribution in [0.3, 0.4) is 0 Å². The lowest BCUT2D eigenvalue weighted by molar-refractivity contribution is -0.258. The van der Waals surface area contributed by atoms with E-state index in [1.54, 1.807) is 0 Å². The summed E-state index contributed by atoms with van der Waals surface area (Å²) in [5.74, 6) is -1.59. The van der Waals surface area contributed by atoms with Gasteiger partial charge < -0.3 is 13.9 Å². The maximum absolute atomic E-state index is 13.3. The summed E-state index contributed by atoms with van der Waals surface area (Å²) in [6.45, 7) is 16.3. The van der Waals surface area contributed by atoms with Crippen LogP contribution in [0.15, 0.2) is 11.6 Å². The van der Waals surface area contributed by atoms with E-state index in [2.05, 4.69) is 39.9 Å². The van der Waals surface area contributed by atoms with E-state index in [9.17, 15) is 10.1 Å². The number of carbonyl (C=O) groups excluding carboxylic acids is 1. The van der Waals surface area contributed by atoms with Gasteiger partial charge in [-0.05, 0) is 51.4 Å². The Hall–Kier alpha value is -1.00. The number of hydrogen-bond acceptors (Lipinski definition) is 5. The maximum atomic E-state index is 13.3. The average molecular weight is 380 g/mol. The molecule has 6 heteroatoms. The van der Waals surface area contributed by atoms with E-state index in [0.717, 1.165) is 5.57 Å². The molecule has 1 unspecified atom stereocenters. The second kappa shape index (κ2) is 6.27. The smallest absolute Gasteiger partial charge is 0.207 e. The standard InChI is InChI=1S/C20H33NO4Si/c1-14-10-16-19(13-21,15(22)12-18(5,6)24-16)20(11-14,23-7)25-26(8,9)17(2,3)4/h11,16H,10,12H2,1-9H3/t16-,19-,20?/m1/s1. The van der Waals surface area contributed by atoms with E-state index >= 15 is 0 Å². The number of Topliss-reactive ketones (excluding diaryl/α,β-unsaturated/α-hetero) is 1. The number of ketones is 1. The average Bonchev–Trinajstić information content (AvgIpc) is 2.43. The van der Waals surface area contributed by atoms with Crippen LogP contribution in [0.5, 0.6) is 0 Å². The van der Waals surface area contributed by atoms with Crippen molar-refractivity contribution in [2.75, 3.05) is 7.11 Å². The summed E-state index contributed by atoms with van der Waals surface area (Å²) in [6.07, 6.45) is 1.94. The first kappa shape index (κ1) is 21.3. The molecule has 0 saturated carbocycles. The third kappa shape index (κ3) is 3.09. The van der Waals surface area contributed by atoms with Crippen LogP contribution < -0.4 is 0 Å². The highest BCUT2D eigenvalue weighted by Gasteiger charge is 2.69. The van der Waals surface area contributed by atoms with Crippen molar-refractivity contribution in [3.63, 3.8) is 0 Å². The molecule has 1 heterocycles. The second-order valence-electron chi connectivity index (χ2n) is 9.81. The van der Waals surface area contributed by atoms with Crippen LogP contribution in [0, 0.1) is 16.7 Å². The van der Waals surface area contributed by atoms with Crippen LogP contribution >= 0.6 is 0 Å². The fraction of sp³-hybridized carbons (Fsp3) is 0.800. The molecule has 5 nitrogen and oxygen atoms in total. The molecular weight excluding hydrogens is 346 g/mol. The molecule has 26 heavy (non-hydrogen) atoms. The molecule has 0 aromatic heterocycles. The molecule has 2 rings (SSSR count). The number of fused-ring (bicyclic) bond motifs is 1. The van der Waals surface area contributed by atoms with Crippen molar-refractivity contribution < 1.29 is 18.7 Å². The van der Waals surface area contributed by atoms with Gasteiger partial charge in [0.25, 0.3) is 0 Å². The van der Waals surface area contributed by atoms with E-state index < -0.39 is 31.2 Å². The molecule has 0 aromatic rings. The molecule has 0 amide bonds. The summed E-state index contributed by atoms with van der Waals surface area (Å²) in [4.78, 5) is 13.3. The predicted molar refractivity (Wildman–Crippen MR) is 103 cm³/mol. The predicted octanol–water partition coefficient (Wildman–Crippen LogP) is 4.35. The van der Waals surface area contributed by atoms with Gasteiger partial charge in [-0.15, -0.1) is 0 Å². The Balaban J connectivity index is 2.69. The zero-order valence-corrected chi connectivity index (χ0v) is 18.6. The van der Waals surface area contributed by atoms with E-state index in [4.69, 9.17) is 13.9 Å². The van der Waals surface area contributed by atoms with E-state index in [0.29, 0.717) is 6.42 Å². The molecule has 146 valence electrons. The van der Waals surface area contributed by atoms with Crippen LogP contribution in [-0.2, 0) is 18.7 Å². The van der Waals surface area contributed by atoms with Gasteiger partial charge in [-0.2, -0.15) is 5.26 Å². The number of methoxy groups -OCH3 is 1. The van der Waals surface area contributed by atoms with Crippen molar-refractivity contribution in [3.05, 3.63) is 11.6 Å². The molecule has 3 atom stereocenters. The fourth-order valence-electron chi connectivity index (χ4n) is 3.74. The largest absolute Gasteiger partial charge is 0.385 e. The van der Waals surface area contributed by atoms with Gasteiger partial charge in [0.15, 0.2) is 19.5 Å². The Bertz CT molecular complexity index is 670. The zero-order valence-electron chi connectivity index (χ0n) is 17.6. The summed E-state index contributed by atoms with van der Waals surface area (Å²) in [5.41, 5.74) is -1.09. The monoisotopic (exact) mass is 379 g/mol. The summed E-state index contributed by atoms with van der Waals surface area (Å²) in [7, 11) is -0.829. The first-order valence-corrected chi connectivity index (χ1v) is 12.1. The lowest BCUT2D eigenvalue weighted by Gasteiger charge is -2.56. The third-order valence-corrected chi connectivity index (χ3v) is 10.6. The third-order valence-electron chi connectivity index (χ3n) is 6.16. The molecule has 0 N–H and O–H groups in total. The van der Waals surface area contributed by atoms with Crippen LogP contribution in [0.2, 0.25) is 18.1 Å². The number of carbonyl (C=O) groups is 1. The van der Waals surface area contributed by atoms with Gasteiger partial charge in [0.1, 0.15) is 0 Å². The molecule has 1 aliphatic heterocycles. The van der Waals surface area contributed by atoms with Crippen LogP contribution in [0.25, 0.3) is 0 Å². The first-order valence-electron chi connectivity index (χ1n) is 9.22. The molecule has 1 aliphatic carbocycles. The van der Waals surface area contributed by atoms with Crippen molar-refractivity contribution in [3.8, 4) is 6.07 Å². The molecular formula is C20H33NO4Si. The summed E-state index contributed by atoms with van der Waals surface area (Å²) < 4.78 is 18.8. The van der Waals surface area contributed by atoms with E-state index in [1.807, 2.05) is 26.8 Å². The number of nitrogens with zero attached hydrogens (tertiary/aromatic N) is 1. The summed E-state index contributed by atoms with van der Waals surface area (Å²) in [5, 5.41) is 10.2. The van der Waals surface area contributed by atoms with Crippen LogP contribution in [0.1, 0.15) is 54.4 Å². The van der Waals surface area contributed by atoms with Gasteiger partial charge in [-0.3, -0.25) is 4.79 Å². The molecule has 0 spiro atoms. The van der Waals surface area contributed by atoms with E-state index in [-0.39, 0.29) is 17.2 Å². The van der Waals surface area contributed by atoms with Gasteiger partial charge in [0.2, 0.25) is 5.79 Å². The van der Waals surface area contributed by atoms with Gasteiger partial charge in [0.05, 0.1) is 17.8 Å². The van der Waals surface area contributed by atoms with Crippen molar-refractivity contribution in [2.45, 2.75) is 90.0 Å².